The molecule has 0 aliphatic heterocycles. The molecule has 0 aliphatic rings. The highest BCUT2D eigenvalue weighted by molar-refractivity contribution is 5.92. The maximum Gasteiger partial charge on any atom is 0.410 e. The molecule has 0 fully saturated rings. The van der Waals surface area contributed by atoms with Crippen molar-refractivity contribution in [1.29, 1.82) is 5.26 Å². The topological polar surface area (TPSA) is 88.9 Å². The van der Waals surface area contributed by atoms with E-state index in [-0.39, 0.29) is 13.2 Å². The van der Waals surface area contributed by atoms with Crippen LogP contribution in [0.25, 0.3) is 0 Å². The minimum absolute atomic E-state index is 0.0950. The molecular formula is C24H28N2O5. The number of nitriles is 1. The molecule has 1 amide bonds. The van der Waals surface area contributed by atoms with Gasteiger partial charge in [-0.05, 0) is 44.0 Å². The number of benzene rings is 2. The van der Waals surface area contributed by atoms with E-state index in [0.717, 1.165) is 5.56 Å². The normalized spacial score (nSPS) is 11.7. The Kier molecular flexibility index (Phi) is 8.03. The fraction of sp³-hybridized carbons (Fsp3) is 0.375. The highest BCUT2D eigenvalue weighted by atomic mass is 16.6. The number of amides is 1. The number of hydrogen-bond acceptors (Lipinski definition) is 6. The molecule has 0 saturated carbocycles. The zero-order valence-corrected chi connectivity index (χ0v) is 18.5. The Balaban J connectivity index is 2.18. The molecule has 0 aromatic heterocycles. The van der Waals surface area contributed by atoms with Crippen molar-refractivity contribution < 1.29 is 23.8 Å². The number of carbonyl (C=O) groups excluding carboxylic acids is 2. The summed E-state index contributed by atoms with van der Waals surface area (Å²) in [6.45, 7) is 5.26. The summed E-state index contributed by atoms with van der Waals surface area (Å²) in [6.07, 6.45) is -0.617. The van der Waals surface area contributed by atoms with E-state index in [0.29, 0.717) is 17.1 Å². The van der Waals surface area contributed by atoms with Gasteiger partial charge in [-0.25, -0.2) is 4.79 Å². The third-order valence-electron chi connectivity index (χ3n) is 4.74. The molecule has 2 aromatic rings. The average molecular weight is 424 g/mol. The minimum atomic E-state index is -1.06. The first-order valence-corrected chi connectivity index (χ1v) is 9.83. The predicted molar refractivity (Wildman–Crippen MR) is 116 cm³/mol. The third kappa shape index (κ3) is 6.22. The fourth-order valence-corrected chi connectivity index (χ4v) is 2.98. The predicted octanol–water partition coefficient (Wildman–Crippen LogP) is 4.32. The van der Waals surface area contributed by atoms with Gasteiger partial charge in [-0.2, -0.15) is 5.26 Å². The highest BCUT2D eigenvalue weighted by Gasteiger charge is 2.33. The van der Waals surface area contributed by atoms with Crippen LogP contribution in [0.1, 0.15) is 37.8 Å². The lowest BCUT2D eigenvalue weighted by atomic mass is 9.94. The largest absolute Gasteiger partial charge is 0.493 e. The van der Waals surface area contributed by atoms with E-state index in [1.54, 1.807) is 18.2 Å². The van der Waals surface area contributed by atoms with Gasteiger partial charge in [0.25, 0.3) is 0 Å². The second-order valence-electron chi connectivity index (χ2n) is 7.94. The Morgan fingerprint density at radius 1 is 1.03 bits per heavy atom. The van der Waals surface area contributed by atoms with E-state index in [1.807, 2.05) is 57.2 Å². The summed E-state index contributed by atoms with van der Waals surface area (Å²) in [5, 5.41) is 9.67. The maximum atomic E-state index is 13.0. The summed E-state index contributed by atoms with van der Waals surface area (Å²) in [5.74, 6) is -0.563. The molecule has 2 aromatic carbocycles. The van der Waals surface area contributed by atoms with Crippen LogP contribution in [-0.4, -0.2) is 43.1 Å². The highest BCUT2D eigenvalue weighted by Crippen LogP contribution is 2.31. The first-order chi connectivity index (χ1) is 14.7. The first-order valence-electron chi connectivity index (χ1n) is 9.83. The standard InChI is InChI=1S/C24H28N2O5/c1-24(2,3)26(23(28)31-16-17-9-7-6-8-10-17)15-20(27)19(14-25)18-11-12-21(29-4)22(13-18)30-5/h6-13,19H,15-16H2,1-5H3. The molecule has 2 rings (SSSR count). The summed E-state index contributed by atoms with van der Waals surface area (Å²) in [5.41, 5.74) is 0.633. The van der Waals surface area contributed by atoms with Crippen molar-refractivity contribution in [2.45, 2.75) is 38.8 Å². The number of carbonyl (C=O) groups is 2. The summed E-state index contributed by atoms with van der Waals surface area (Å²) >= 11 is 0. The summed E-state index contributed by atoms with van der Waals surface area (Å²) in [7, 11) is 2.99. The molecule has 31 heavy (non-hydrogen) atoms. The van der Waals surface area contributed by atoms with Crippen molar-refractivity contribution in [3.8, 4) is 17.6 Å². The van der Waals surface area contributed by atoms with Crippen LogP contribution in [0, 0.1) is 11.3 Å². The second kappa shape index (κ2) is 10.5. The van der Waals surface area contributed by atoms with E-state index in [4.69, 9.17) is 14.2 Å². The van der Waals surface area contributed by atoms with Crippen LogP contribution in [-0.2, 0) is 16.1 Å². The van der Waals surface area contributed by atoms with E-state index in [9.17, 15) is 14.9 Å². The van der Waals surface area contributed by atoms with Crippen LogP contribution in [0.4, 0.5) is 4.79 Å². The van der Waals surface area contributed by atoms with Gasteiger partial charge in [0, 0.05) is 5.54 Å². The van der Waals surface area contributed by atoms with Crippen LogP contribution >= 0.6 is 0 Å². The Bertz CT molecular complexity index is 945. The Morgan fingerprint density at radius 2 is 1.68 bits per heavy atom. The van der Waals surface area contributed by atoms with Gasteiger partial charge in [0.15, 0.2) is 17.3 Å². The van der Waals surface area contributed by atoms with E-state index in [2.05, 4.69) is 0 Å². The monoisotopic (exact) mass is 424 g/mol. The fourth-order valence-electron chi connectivity index (χ4n) is 2.98. The summed E-state index contributed by atoms with van der Waals surface area (Å²) in [4.78, 5) is 27.1. The second-order valence-corrected chi connectivity index (χ2v) is 7.94. The molecule has 0 radical (unpaired) electrons. The molecule has 0 spiro atoms. The maximum absolute atomic E-state index is 13.0. The SMILES string of the molecule is COc1ccc(C(C#N)C(=O)CN(C(=O)OCc2ccccc2)C(C)(C)C)cc1OC. The van der Waals surface area contributed by atoms with Gasteiger partial charge < -0.3 is 14.2 Å². The number of hydrogen-bond donors (Lipinski definition) is 0. The number of rotatable bonds is 8. The smallest absolute Gasteiger partial charge is 0.410 e. The molecule has 164 valence electrons. The number of Topliss-reactive ketones (excluding diaryl/α,β-unsaturated/α-hetero) is 1. The zero-order chi connectivity index (χ0) is 23.0. The quantitative estimate of drug-likeness (QED) is 0.627. The number of nitrogens with zero attached hydrogens (tertiary/aromatic N) is 2. The number of methoxy groups -OCH3 is 2. The molecule has 1 unspecified atom stereocenters. The summed E-state index contributed by atoms with van der Waals surface area (Å²) < 4.78 is 15.9. The average Bonchev–Trinajstić information content (AvgIpc) is 2.76. The summed E-state index contributed by atoms with van der Waals surface area (Å²) in [6, 6.07) is 16.2. The lowest BCUT2D eigenvalue weighted by molar-refractivity contribution is -0.121. The lowest BCUT2D eigenvalue weighted by Crippen LogP contribution is -2.49. The van der Waals surface area contributed by atoms with Crippen LogP contribution in [0.3, 0.4) is 0 Å². The molecule has 1 atom stereocenters. The van der Waals surface area contributed by atoms with E-state index < -0.39 is 23.3 Å². The van der Waals surface area contributed by atoms with Crippen molar-refractivity contribution in [1.82, 2.24) is 4.90 Å². The number of ether oxygens (including phenoxy) is 3. The van der Waals surface area contributed by atoms with Crippen molar-refractivity contribution >= 4 is 11.9 Å². The van der Waals surface area contributed by atoms with Crippen molar-refractivity contribution in [2.24, 2.45) is 0 Å². The molecule has 0 N–H and O–H groups in total. The zero-order valence-electron chi connectivity index (χ0n) is 18.5. The van der Waals surface area contributed by atoms with Crippen LogP contribution in [0.2, 0.25) is 0 Å². The van der Waals surface area contributed by atoms with Gasteiger partial charge in [-0.3, -0.25) is 9.69 Å². The lowest BCUT2D eigenvalue weighted by Gasteiger charge is -2.34. The van der Waals surface area contributed by atoms with Crippen molar-refractivity contribution in [3.63, 3.8) is 0 Å². The van der Waals surface area contributed by atoms with E-state index in [1.165, 1.54) is 19.1 Å². The Hall–Kier alpha value is -3.53. The van der Waals surface area contributed by atoms with Gasteiger partial charge in [0.2, 0.25) is 0 Å². The van der Waals surface area contributed by atoms with Crippen LogP contribution < -0.4 is 9.47 Å². The molecule has 7 heteroatoms. The third-order valence-corrected chi connectivity index (χ3v) is 4.74. The molecular weight excluding hydrogens is 396 g/mol. The van der Waals surface area contributed by atoms with Crippen LogP contribution in [0.15, 0.2) is 48.5 Å². The molecule has 0 aliphatic carbocycles. The first kappa shape index (κ1) is 23.7. The molecule has 0 heterocycles. The van der Waals surface area contributed by atoms with Gasteiger partial charge in [0.1, 0.15) is 12.5 Å². The van der Waals surface area contributed by atoms with Gasteiger partial charge in [-0.15, -0.1) is 0 Å². The molecule has 0 saturated heterocycles. The van der Waals surface area contributed by atoms with Crippen LogP contribution in [0.5, 0.6) is 11.5 Å². The molecule has 0 bridgehead atoms. The van der Waals surface area contributed by atoms with Gasteiger partial charge in [0.05, 0.1) is 26.8 Å². The molecule has 7 nitrogen and oxygen atoms in total. The van der Waals surface area contributed by atoms with Crippen molar-refractivity contribution in [3.05, 3.63) is 59.7 Å². The van der Waals surface area contributed by atoms with E-state index >= 15 is 0 Å². The Labute approximate surface area is 183 Å². The Morgan fingerprint density at radius 3 is 2.23 bits per heavy atom. The number of ketones is 1. The van der Waals surface area contributed by atoms with Gasteiger partial charge >= 0.3 is 6.09 Å². The van der Waals surface area contributed by atoms with Crippen molar-refractivity contribution in [2.75, 3.05) is 20.8 Å². The van der Waals surface area contributed by atoms with Gasteiger partial charge in [-0.1, -0.05) is 36.4 Å². The minimum Gasteiger partial charge on any atom is -0.493 e.